The van der Waals surface area contributed by atoms with Crippen molar-refractivity contribution < 1.29 is 62.9 Å². The van der Waals surface area contributed by atoms with Crippen molar-refractivity contribution in [1.29, 1.82) is 0 Å². The third kappa shape index (κ3) is 14.1. The molecule has 0 radical (unpaired) electrons. The summed E-state index contributed by atoms with van der Waals surface area (Å²) in [4.78, 5) is 135. The lowest BCUT2D eigenvalue weighted by Gasteiger charge is -2.31. The first-order valence-electron chi connectivity index (χ1n) is 21.5. The number of ether oxygens (including phenoxy) is 1. The minimum Gasteiger partial charge on any atom is -0.480 e. The lowest BCUT2D eigenvalue weighted by Crippen LogP contribution is -2.59. The molecule has 1 aromatic carbocycles. The molecule has 1 aromatic heterocycles. The smallest absolute Gasteiger partial charge is 0.326 e. The zero-order valence-electron chi connectivity index (χ0n) is 37.3. The Morgan fingerprint density at radius 3 is 2.24 bits per heavy atom. The number of carboxylic acid groups (broad SMARTS) is 1. The number of hydrogen-bond acceptors (Lipinski definition) is 14. The van der Waals surface area contributed by atoms with Crippen LogP contribution in [0.1, 0.15) is 65.9 Å². The van der Waals surface area contributed by atoms with Gasteiger partial charge < -0.3 is 68.2 Å². The number of carboxylic acids is 1. The number of nitrogens with one attached hydrogen (secondary N) is 7. The molecule has 24 heteroatoms. The Kier molecular flexibility index (Phi) is 18.9. The third-order valence-electron chi connectivity index (χ3n) is 11.6. The number of likely N-dealkylation sites (tertiary alicyclic amines) is 1. The first-order chi connectivity index (χ1) is 31.1. The molecular formula is C42H60N10O13S. The van der Waals surface area contributed by atoms with Crippen LogP contribution in [-0.2, 0) is 59.1 Å². The number of fused-ring (bicyclic) bond motifs is 3. The summed E-state index contributed by atoms with van der Waals surface area (Å²) in [5.74, 6) is -10.3. The molecule has 4 rings (SSSR count). The van der Waals surface area contributed by atoms with Crippen molar-refractivity contribution in [3.63, 3.8) is 0 Å². The fourth-order valence-electron chi connectivity index (χ4n) is 7.54. The Balaban J connectivity index is 1.67. The van der Waals surface area contributed by atoms with Crippen LogP contribution in [0.2, 0.25) is 0 Å². The van der Waals surface area contributed by atoms with Crippen LogP contribution in [0.3, 0.4) is 0 Å². The van der Waals surface area contributed by atoms with E-state index in [-0.39, 0.29) is 18.6 Å². The molecule has 2 aliphatic heterocycles. The summed E-state index contributed by atoms with van der Waals surface area (Å²) in [6.45, 7) is 5.96. The Labute approximate surface area is 384 Å². The van der Waals surface area contributed by atoms with Crippen LogP contribution in [0.4, 0.5) is 0 Å². The summed E-state index contributed by atoms with van der Waals surface area (Å²) in [5, 5.41) is 36.9. The summed E-state index contributed by atoms with van der Waals surface area (Å²) >= 11 is 1.06. The Hall–Kier alpha value is -6.27. The van der Waals surface area contributed by atoms with Crippen LogP contribution in [0.5, 0.6) is 0 Å². The Bertz CT molecular complexity index is 2170. The van der Waals surface area contributed by atoms with Gasteiger partial charge in [-0.05, 0) is 37.3 Å². The molecule has 10 atom stereocenters. The van der Waals surface area contributed by atoms with Gasteiger partial charge in [0.2, 0.25) is 47.3 Å². The van der Waals surface area contributed by atoms with Crippen molar-refractivity contribution in [3.8, 4) is 0 Å². The quantitative estimate of drug-likeness (QED) is 0.0857. The van der Waals surface area contributed by atoms with Gasteiger partial charge in [0.05, 0.1) is 30.3 Å². The number of aromatic amines is 1. The van der Waals surface area contributed by atoms with Crippen molar-refractivity contribution in [1.82, 2.24) is 41.8 Å². The number of carbonyl (C=O) groups excluding carboxylic acids is 9. The number of β-amino-alcohol motifs (C(OH)–C–C–N with tert-alkyl or cyclic N) is 1. The molecule has 362 valence electrons. The van der Waals surface area contributed by atoms with Gasteiger partial charge in [0, 0.05) is 48.9 Å². The summed E-state index contributed by atoms with van der Waals surface area (Å²) in [6, 6.07) is -1.25. The molecule has 0 saturated carbocycles. The number of aromatic nitrogens is 1. The van der Waals surface area contributed by atoms with E-state index in [9.17, 15) is 58.2 Å². The SMILES string of the molecule is CC[C@H](C)[C@@H]1NC(=O)CNC(=O)[C@H](N)Cc2c([nH]c3ccccc23)SCC(C(=O)N[C@@H](CCC(N)=O)C(=O)N2C[C@H](O)C[C@H]2C(=O)N[C@H](C(=O)O)[C@@H](C)[C@H](C)OC(C)=O)NC(=O)CNC1=O. The summed E-state index contributed by atoms with van der Waals surface area (Å²) in [7, 11) is 0. The van der Waals surface area contributed by atoms with Crippen LogP contribution in [0.15, 0.2) is 29.3 Å². The average molecular weight is 945 g/mol. The molecule has 1 fully saturated rings. The number of primary amides is 1. The normalized spacial score (nSPS) is 23.4. The molecule has 1 saturated heterocycles. The Morgan fingerprint density at radius 2 is 1.61 bits per heavy atom. The van der Waals surface area contributed by atoms with Crippen molar-refractivity contribution in [3.05, 3.63) is 29.8 Å². The van der Waals surface area contributed by atoms with Crippen LogP contribution in [0, 0.1) is 11.8 Å². The molecule has 8 amide bonds. The molecule has 23 nitrogen and oxygen atoms in total. The topological polar surface area (TPSA) is 364 Å². The lowest BCUT2D eigenvalue weighted by molar-refractivity contribution is -0.154. The molecule has 13 N–H and O–H groups in total. The van der Waals surface area contributed by atoms with Gasteiger partial charge in [-0.25, -0.2) is 4.79 Å². The van der Waals surface area contributed by atoms with Crippen LogP contribution in [0.25, 0.3) is 10.9 Å². The van der Waals surface area contributed by atoms with E-state index in [4.69, 9.17) is 16.2 Å². The van der Waals surface area contributed by atoms with Crippen molar-refractivity contribution in [2.24, 2.45) is 23.3 Å². The number of aliphatic hydroxyl groups excluding tert-OH is 1. The number of nitrogens with zero attached hydrogens (tertiary/aromatic N) is 1. The van der Waals surface area contributed by atoms with Gasteiger partial charge in [0.25, 0.3) is 0 Å². The van der Waals surface area contributed by atoms with E-state index < -0.39 is 152 Å². The molecular weight excluding hydrogens is 885 g/mol. The number of carbonyl (C=O) groups is 10. The summed E-state index contributed by atoms with van der Waals surface area (Å²) in [5.41, 5.74) is 13.0. The number of H-pyrrole nitrogens is 1. The molecule has 2 aliphatic rings. The number of thioether (sulfide) groups is 1. The van der Waals surface area contributed by atoms with Crippen LogP contribution < -0.4 is 43.4 Å². The van der Waals surface area contributed by atoms with E-state index in [1.165, 1.54) is 13.8 Å². The molecule has 0 bridgehead atoms. The summed E-state index contributed by atoms with van der Waals surface area (Å²) < 4.78 is 5.11. The monoisotopic (exact) mass is 944 g/mol. The number of aliphatic hydroxyl groups is 1. The number of para-hydroxylation sites is 1. The van der Waals surface area contributed by atoms with Gasteiger partial charge in [-0.1, -0.05) is 45.4 Å². The number of esters is 1. The second kappa shape index (κ2) is 23.8. The molecule has 66 heavy (non-hydrogen) atoms. The van der Waals surface area contributed by atoms with Gasteiger partial charge in [-0.2, -0.15) is 0 Å². The maximum Gasteiger partial charge on any atom is 0.326 e. The van der Waals surface area contributed by atoms with E-state index in [1.54, 1.807) is 38.1 Å². The highest BCUT2D eigenvalue weighted by Crippen LogP contribution is 2.31. The minimum absolute atomic E-state index is 0.0294. The Morgan fingerprint density at radius 1 is 0.955 bits per heavy atom. The van der Waals surface area contributed by atoms with Crippen molar-refractivity contribution in [2.75, 3.05) is 25.4 Å². The second-order valence-corrected chi connectivity index (χ2v) is 17.6. The van der Waals surface area contributed by atoms with Crippen LogP contribution in [-0.4, -0.2) is 153 Å². The molecule has 2 aromatic rings. The number of benzene rings is 1. The fourth-order valence-corrected chi connectivity index (χ4v) is 8.66. The van der Waals surface area contributed by atoms with Crippen molar-refractivity contribution in [2.45, 2.75) is 120 Å². The van der Waals surface area contributed by atoms with E-state index >= 15 is 0 Å². The highest BCUT2D eigenvalue weighted by atomic mass is 32.2. The molecule has 3 heterocycles. The third-order valence-corrected chi connectivity index (χ3v) is 12.7. The first kappa shape index (κ1) is 52.4. The second-order valence-electron chi connectivity index (χ2n) is 16.5. The van der Waals surface area contributed by atoms with Gasteiger partial charge in [-0.15, -0.1) is 11.8 Å². The van der Waals surface area contributed by atoms with Gasteiger partial charge in [0.1, 0.15) is 36.3 Å². The fraction of sp³-hybridized carbons (Fsp3) is 0.571. The number of nitrogens with two attached hydrogens (primary N) is 2. The zero-order chi connectivity index (χ0) is 49.0. The predicted octanol–water partition coefficient (Wildman–Crippen LogP) is -2.74. The van der Waals surface area contributed by atoms with Crippen molar-refractivity contribution >= 4 is 81.9 Å². The first-order valence-corrected chi connectivity index (χ1v) is 22.5. The average Bonchev–Trinajstić information content (AvgIpc) is 3.83. The van der Waals surface area contributed by atoms with Gasteiger partial charge in [0.15, 0.2) is 0 Å². The molecule has 0 aliphatic carbocycles. The summed E-state index contributed by atoms with van der Waals surface area (Å²) in [6.07, 6.45) is -2.94. The largest absolute Gasteiger partial charge is 0.480 e. The zero-order valence-corrected chi connectivity index (χ0v) is 38.2. The molecule has 1 unspecified atom stereocenters. The maximum absolute atomic E-state index is 14.3. The lowest BCUT2D eigenvalue weighted by atomic mass is 9.96. The maximum atomic E-state index is 14.3. The molecule has 0 spiro atoms. The number of rotatable bonds is 14. The number of aliphatic carboxylic acids is 1. The van der Waals surface area contributed by atoms with E-state index in [1.807, 2.05) is 0 Å². The predicted molar refractivity (Wildman–Crippen MR) is 236 cm³/mol. The highest BCUT2D eigenvalue weighted by Gasteiger charge is 2.44. The van der Waals surface area contributed by atoms with E-state index in [0.717, 1.165) is 23.6 Å². The highest BCUT2D eigenvalue weighted by molar-refractivity contribution is 7.99. The van der Waals surface area contributed by atoms with Gasteiger partial charge >= 0.3 is 11.9 Å². The van der Waals surface area contributed by atoms with E-state index in [2.05, 4.69) is 36.9 Å². The van der Waals surface area contributed by atoms with Crippen LogP contribution >= 0.6 is 11.8 Å². The standard InChI is InChI=1S/C42H60N10O13S/c1-6-19(2)34-39(61)46-15-32(56)47-29(18-66-40-25(24-9-7-8-10-27(24)49-40)14-26(43)36(58)45-16-33(57)50-34)37(59)48-28(11-12-31(44)55)41(62)52-17-23(54)13-30(52)38(60)51-35(42(63)64)20(3)21(4)65-22(5)53/h7-10,19-21,23,26,28-30,34-35,49,54H,6,11-18,43H2,1-5H3,(H2,44,55)(H,45,58)(H,46,61)(H,47,56)(H,48,59)(H,50,57)(H,51,60)(H,63,64)/t19-,20-,21-,23+,26+,28-,29?,30-,34-,35-/m0/s1. The van der Waals surface area contributed by atoms with E-state index in [0.29, 0.717) is 27.9 Å². The number of amides is 8. The minimum atomic E-state index is -1.60. The van der Waals surface area contributed by atoms with Gasteiger partial charge in [-0.3, -0.25) is 43.2 Å². The number of hydrogen-bond donors (Lipinski definition) is 11.